The molecule has 8 heteroatoms. The van der Waals surface area contributed by atoms with Gasteiger partial charge in [0.2, 0.25) is 0 Å². The molecule has 8 nitrogen and oxygen atoms in total. The summed E-state index contributed by atoms with van der Waals surface area (Å²) in [5.74, 6) is 2.20. The number of carbonyl (C=O) groups excluding carboxylic acids is 1. The third-order valence-electron chi connectivity index (χ3n) is 5.53. The Hall–Kier alpha value is -3.55. The van der Waals surface area contributed by atoms with E-state index in [-0.39, 0.29) is 17.9 Å². The molecular formula is C23H24N6O2. The Kier molecular flexibility index (Phi) is 4.57. The molecule has 3 aromatic heterocycles. The maximum atomic E-state index is 12.5. The van der Waals surface area contributed by atoms with Crippen molar-refractivity contribution in [1.29, 1.82) is 0 Å². The van der Waals surface area contributed by atoms with Crippen LogP contribution in [0.5, 0.6) is 0 Å². The molecule has 0 unspecified atom stereocenters. The highest BCUT2D eigenvalue weighted by Gasteiger charge is 2.29. The van der Waals surface area contributed by atoms with Crippen LogP contribution in [-0.2, 0) is 12.0 Å². The van der Waals surface area contributed by atoms with Crippen LogP contribution in [-0.4, -0.2) is 30.6 Å². The summed E-state index contributed by atoms with van der Waals surface area (Å²) in [6, 6.07) is 11.4. The molecule has 5 rings (SSSR count). The third-order valence-corrected chi connectivity index (χ3v) is 5.53. The second kappa shape index (κ2) is 7.30. The molecule has 1 aliphatic carbocycles. The number of rotatable bonds is 5. The van der Waals surface area contributed by atoms with Crippen molar-refractivity contribution in [3.05, 3.63) is 65.4 Å². The van der Waals surface area contributed by atoms with Crippen LogP contribution in [0, 0.1) is 0 Å². The van der Waals surface area contributed by atoms with Crippen molar-refractivity contribution in [2.24, 2.45) is 0 Å². The number of hydrogen-bond donors (Lipinski definition) is 1. The van der Waals surface area contributed by atoms with Gasteiger partial charge in [0.1, 0.15) is 0 Å². The summed E-state index contributed by atoms with van der Waals surface area (Å²) in [6.45, 7) is 6.71. The summed E-state index contributed by atoms with van der Waals surface area (Å²) in [7, 11) is 0. The maximum Gasteiger partial charge on any atom is 0.258 e. The second-order valence-electron chi connectivity index (χ2n) is 9.00. The maximum absolute atomic E-state index is 12.5. The number of aromatic nitrogens is 5. The highest BCUT2D eigenvalue weighted by molar-refractivity contribution is 5.94. The van der Waals surface area contributed by atoms with Gasteiger partial charge in [-0.05, 0) is 48.1 Å². The smallest absolute Gasteiger partial charge is 0.258 e. The number of fused-ring (bicyclic) bond motifs is 1. The molecule has 0 aliphatic heterocycles. The van der Waals surface area contributed by atoms with Crippen molar-refractivity contribution < 1.29 is 9.32 Å². The van der Waals surface area contributed by atoms with Crippen molar-refractivity contribution in [3.8, 4) is 11.5 Å². The van der Waals surface area contributed by atoms with Crippen LogP contribution in [0.15, 0.2) is 47.1 Å². The van der Waals surface area contributed by atoms with Gasteiger partial charge in [-0.15, -0.1) is 10.2 Å². The first-order valence-corrected chi connectivity index (χ1v) is 10.4. The highest BCUT2D eigenvalue weighted by Crippen LogP contribution is 2.38. The standard InChI is InChI=1S/C23H24N6O2/c1-23(2,3)17-8-6-15(7-9-17)21(30)24-13-19-27-26-18-12-16(10-11-29(18)19)22-25-20(28-31-22)14-4-5-14/h6-12,14H,4-5,13H2,1-3H3,(H,24,30). The van der Waals surface area contributed by atoms with Crippen LogP contribution in [0.2, 0.25) is 0 Å². The molecule has 1 saturated carbocycles. The number of pyridine rings is 1. The number of hydrogen-bond acceptors (Lipinski definition) is 6. The zero-order valence-corrected chi connectivity index (χ0v) is 17.8. The topological polar surface area (TPSA) is 98.2 Å². The van der Waals surface area contributed by atoms with E-state index in [9.17, 15) is 4.79 Å². The third kappa shape index (κ3) is 3.93. The van der Waals surface area contributed by atoms with E-state index in [2.05, 4.69) is 46.4 Å². The first kappa shape index (κ1) is 19.4. The van der Waals surface area contributed by atoms with E-state index in [1.807, 2.05) is 47.0 Å². The molecule has 1 N–H and O–H groups in total. The van der Waals surface area contributed by atoms with Gasteiger partial charge in [-0.25, -0.2) is 0 Å². The first-order chi connectivity index (χ1) is 14.9. The minimum absolute atomic E-state index is 0.0506. The van der Waals surface area contributed by atoms with Gasteiger partial charge in [0, 0.05) is 23.2 Å². The van der Waals surface area contributed by atoms with E-state index in [0.29, 0.717) is 28.8 Å². The van der Waals surface area contributed by atoms with Crippen LogP contribution in [0.1, 0.15) is 67.1 Å². The number of benzene rings is 1. The number of amides is 1. The lowest BCUT2D eigenvalue weighted by Crippen LogP contribution is -2.24. The van der Waals surface area contributed by atoms with Gasteiger partial charge in [0.05, 0.1) is 6.54 Å². The van der Waals surface area contributed by atoms with Crippen molar-refractivity contribution in [3.63, 3.8) is 0 Å². The van der Waals surface area contributed by atoms with Crippen LogP contribution in [0.4, 0.5) is 0 Å². The van der Waals surface area contributed by atoms with Crippen LogP contribution in [0.3, 0.4) is 0 Å². The minimum atomic E-state index is -0.146. The molecule has 0 atom stereocenters. The summed E-state index contributed by atoms with van der Waals surface area (Å²) in [5, 5.41) is 15.4. The SMILES string of the molecule is CC(C)(C)c1ccc(C(=O)NCc2nnc3cc(-c4nc(C5CC5)no4)ccn23)cc1. The van der Waals surface area contributed by atoms with Gasteiger partial charge in [0.15, 0.2) is 17.3 Å². The van der Waals surface area contributed by atoms with E-state index in [1.54, 1.807) is 0 Å². The van der Waals surface area contributed by atoms with E-state index in [1.165, 1.54) is 5.56 Å². The van der Waals surface area contributed by atoms with Crippen LogP contribution >= 0.6 is 0 Å². The van der Waals surface area contributed by atoms with E-state index in [4.69, 9.17) is 4.52 Å². The Morgan fingerprint density at radius 1 is 1.16 bits per heavy atom. The highest BCUT2D eigenvalue weighted by atomic mass is 16.5. The average molecular weight is 416 g/mol. The fourth-order valence-electron chi connectivity index (χ4n) is 3.44. The molecule has 1 aromatic carbocycles. The van der Waals surface area contributed by atoms with Crippen molar-refractivity contribution in [2.75, 3.05) is 0 Å². The Labute approximate surface area is 179 Å². The summed E-state index contributed by atoms with van der Waals surface area (Å²) in [4.78, 5) is 17.0. The predicted molar refractivity (Wildman–Crippen MR) is 115 cm³/mol. The number of nitrogens with one attached hydrogen (secondary N) is 1. The molecule has 31 heavy (non-hydrogen) atoms. The Balaban J connectivity index is 1.28. The molecule has 0 radical (unpaired) electrons. The van der Waals surface area contributed by atoms with E-state index < -0.39 is 0 Å². The molecule has 1 fully saturated rings. The van der Waals surface area contributed by atoms with Crippen molar-refractivity contribution in [1.82, 2.24) is 30.1 Å². The van der Waals surface area contributed by atoms with Crippen molar-refractivity contribution >= 4 is 11.6 Å². The fourth-order valence-corrected chi connectivity index (χ4v) is 3.44. The Morgan fingerprint density at radius 2 is 1.94 bits per heavy atom. The molecule has 158 valence electrons. The normalized spacial score (nSPS) is 14.2. The summed E-state index contributed by atoms with van der Waals surface area (Å²) in [5.41, 5.74) is 3.31. The molecule has 1 amide bonds. The molecule has 4 aromatic rings. The molecule has 0 saturated heterocycles. The number of carbonyl (C=O) groups is 1. The van der Waals surface area contributed by atoms with E-state index in [0.717, 1.165) is 24.2 Å². The van der Waals surface area contributed by atoms with Gasteiger partial charge in [-0.2, -0.15) is 4.98 Å². The van der Waals surface area contributed by atoms with Gasteiger partial charge in [-0.3, -0.25) is 9.20 Å². The molecule has 3 heterocycles. The fraction of sp³-hybridized carbons (Fsp3) is 0.348. The quantitative estimate of drug-likeness (QED) is 0.530. The lowest BCUT2D eigenvalue weighted by atomic mass is 9.87. The van der Waals surface area contributed by atoms with Crippen LogP contribution in [0.25, 0.3) is 17.1 Å². The first-order valence-electron chi connectivity index (χ1n) is 10.4. The largest absolute Gasteiger partial charge is 0.345 e. The lowest BCUT2D eigenvalue weighted by molar-refractivity contribution is 0.0949. The van der Waals surface area contributed by atoms with Gasteiger partial charge < -0.3 is 9.84 Å². The van der Waals surface area contributed by atoms with Crippen LogP contribution < -0.4 is 5.32 Å². The number of nitrogens with zero attached hydrogens (tertiary/aromatic N) is 5. The second-order valence-corrected chi connectivity index (χ2v) is 9.00. The Morgan fingerprint density at radius 3 is 2.65 bits per heavy atom. The summed E-state index contributed by atoms with van der Waals surface area (Å²) in [6.07, 6.45) is 4.10. The zero-order chi connectivity index (χ0) is 21.6. The molecule has 1 aliphatic rings. The van der Waals surface area contributed by atoms with Crippen molar-refractivity contribution in [2.45, 2.75) is 51.5 Å². The average Bonchev–Trinajstić information content (AvgIpc) is 3.35. The predicted octanol–water partition coefficient (Wildman–Crippen LogP) is 3.88. The van der Waals surface area contributed by atoms with Gasteiger partial charge >= 0.3 is 0 Å². The van der Waals surface area contributed by atoms with E-state index >= 15 is 0 Å². The molecular weight excluding hydrogens is 392 g/mol. The summed E-state index contributed by atoms with van der Waals surface area (Å²) < 4.78 is 7.23. The molecule has 0 bridgehead atoms. The van der Waals surface area contributed by atoms with Gasteiger partial charge in [-0.1, -0.05) is 38.1 Å². The molecule has 0 spiro atoms. The zero-order valence-electron chi connectivity index (χ0n) is 17.8. The minimum Gasteiger partial charge on any atom is -0.345 e. The monoisotopic (exact) mass is 416 g/mol. The van der Waals surface area contributed by atoms with Gasteiger partial charge in [0.25, 0.3) is 11.8 Å². The summed E-state index contributed by atoms with van der Waals surface area (Å²) >= 11 is 0. The lowest BCUT2D eigenvalue weighted by Gasteiger charge is -2.19. The Bertz CT molecular complexity index is 1250.